The highest BCUT2D eigenvalue weighted by atomic mass is 35.6. The van der Waals surface area contributed by atoms with Crippen LogP contribution in [0.5, 0.6) is 0 Å². The lowest BCUT2D eigenvalue weighted by atomic mass is 9.93. The van der Waals surface area contributed by atoms with Gasteiger partial charge in [0, 0.05) is 0 Å². The van der Waals surface area contributed by atoms with Gasteiger partial charge in [0.25, 0.3) is 0 Å². The fourth-order valence-electron chi connectivity index (χ4n) is 2.54. The fraction of sp³-hybridized carbons (Fsp3) is 0.286. The maximum Gasteiger partial charge on any atom is 0.339 e. The zero-order valence-electron chi connectivity index (χ0n) is 16.4. The molecular weight excluding hydrogens is 455 g/mol. The van der Waals surface area contributed by atoms with Crippen molar-refractivity contribution in [3.05, 3.63) is 59.2 Å². The number of aromatic carboxylic acids is 1. The molecule has 1 N–H and O–H groups in total. The summed E-state index contributed by atoms with van der Waals surface area (Å²) in [5.74, 6) is -2.71. The minimum atomic E-state index is -1.78. The van der Waals surface area contributed by atoms with Crippen LogP contribution in [-0.4, -0.2) is 39.0 Å². The molecule has 30 heavy (non-hydrogen) atoms. The van der Waals surface area contributed by atoms with E-state index in [0.717, 1.165) is 0 Å². The maximum atomic E-state index is 12.8. The Balaban J connectivity index is 2.57. The fourth-order valence-corrected chi connectivity index (χ4v) is 2.70. The molecule has 160 valence electrons. The van der Waals surface area contributed by atoms with Crippen molar-refractivity contribution in [2.45, 2.75) is 30.2 Å². The molecule has 0 fully saturated rings. The molecule has 0 saturated heterocycles. The van der Waals surface area contributed by atoms with E-state index in [2.05, 4.69) is 0 Å². The third-order valence-corrected chi connectivity index (χ3v) is 4.02. The number of carboxylic acid groups (broad SMARTS) is 1. The predicted molar refractivity (Wildman–Crippen MR) is 115 cm³/mol. The molecule has 0 spiro atoms. The van der Waals surface area contributed by atoms with Gasteiger partial charge >= 0.3 is 17.9 Å². The summed E-state index contributed by atoms with van der Waals surface area (Å²) in [5.41, 5.74) is -0.168. The van der Waals surface area contributed by atoms with E-state index in [1.165, 1.54) is 24.3 Å². The summed E-state index contributed by atoms with van der Waals surface area (Å²) >= 11 is 16.9. The smallest absolute Gasteiger partial charge is 0.339 e. The Kier molecular flexibility index (Phi) is 7.40. The van der Waals surface area contributed by atoms with E-state index in [4.69, 9.17) is 44.3 Å². The van der Waals surface area contributed by atoms with Crippen LogP contribution in [0.4, 0.5) is 0 Å². The Hall–Kier alpha value is -2.28. The van der Waals surface area contributed by atoms with E-state index < -0.39 is 33.9 Å². The van der Waals surface area contributed by atoms with Crippen molar-refractivity contribution in [3.8, 4) is 11.1 Å². The van der Waals surface area contributed by atoms with Gasteiger partial charge in [-0.25, -0.2) is 14.4 Å². The van der Waals surface area contributed by atoms with Gasteiger partial charge in [0.05, 0.1) is 16.7 Å². The Morgan fingerprint density at radius 2 is 1.50 bits per heavy atom. The van der Waals surface area contributed by atoms with Gasteiger partial charge < -0.3 is 14.6 Å². The van der Waals surface area contributed by atoms with Crippen LogP contribution >= 0.6 is 34.8 Å². The van der Waals surface area contributed by atoms with Crippen molar-refractivity contribution in [2.75, 3.05) is 6.61 Å². The van der Waals surface area contributed by atoms with Crippen molar-refractivity contribution >= 4 is 52.7 Å². The Morgan fingerprint density at radius 1 is 0.900 bits per heavy atom. The second-order valence-corrected chi connectivity index (χ2v) is 9.82. The third kappa shape index (κ3) is 6.62. The molecule has 0 unspecified atom stereocenters. The average molecular weight is 474 g/mol. The zero-order chi connectivity index (χ0) is 22.7. The average Bonchev–Trinajstić information content (AvgIpc) is 2.63. The molecule has 0 bridgehead atoms. The van der Waals surface area contributed by atoms with Crippen molar-refractivity contribution in [1.29, 1.82) is 0 Å². The second kappa shape index (κ2) is 9.25. The molecule has 2 aromatic rings. The number of esters is 2. The highest BCUT2D eigenvalue weighted by molar-refractivity contribution is 6.67. The Labute approximate surface area is 188 Å². The highest BCUT2D eigenvalue weighted by Gasteiger charge is 2.26. The van der Waals surface area contributed by atoms with Crippen molar-refractivity contribution < 1.29 is 29.0 Å². The first-order chi connectivity index (χ1) is 13.8. The summed E-state index contributed by atoms with van der Waals surface area (Å²) in [6.45, 7) is 4.59. The number of carbonyl (C=O) groups excluding carboxylic acids is 2. The van der Waals surface area contributed by atoms with Crippen LogP contribution in [0.2, 0.25) is 0 Å². The number of carbonyl (C=O) groups is 3. The lowest BCUT2D eigenvalue weighted by Gasteiger charge is -2.21. The lowest BCUT2D eigenvalue weighted by molar-refractivity contribution is 0.00700. The van der Waals surface area contributed by atoms with Crippen molar-refractivity contribution in [3.63, 3.8) is 0 Å². The Bertz CT molecular complexity index is 973. The first-order valence-electron chi connectivity index (χ1n) is 8.72. The summed E-state index contributed by atoms with van der Waals surface area (Å²) in [5, 5.41) is 9.31. The van der Waals surface area contributed by atoms with E-state index in [1.807, 2.05) is 0 Å². The number of benzene rings is 2. The third-order valence-electron chi connectivity index (χ3n) is 3.69. The molecule has 2 rings (SSSR count). The number of rotatable bonds is 5. The first kappa shape index (κ1) is 24.0. The molecule has 0 aliphatic rings. The van der Waals surface area contributed by atoms with Crippen molar-refractivity contribution in [2.24, 2.45) is 0 Å². The van der Waals surface area contributed by atoms with E-state index in [9.17, 15) is 19.5 Å². The number of alkyl halides is 3. The molecule has 0 atom stereocenters. The van der Waals surface area contributed by atoms with E-state index in [-0.39, 0.29) is 16.7 Å². The summed E-state index contributed by atoms with van der Waals surface area (Å²) in [6.07, 6.45) is 0. The second-order valence-electron chi connectivity index (χ2n) is 7.30. The SMILES string of the molecule is CC(C)(C)OC(=O)c1cc(C(=O)O)ccc1-c1ccccc1C(=O)OCC(Cl)(Cl)Cl. The van der Waals surface area contributed by atoms with Gasteiger partial charge in [-0.3, -0.25) is 0 Å². The van der Waals surface area contributed by atoms with Crippen LogP contribution in [0.1, 0.15) is 51.8 Å². The van der Waals surface area contributed by atoms with Crippen LogP contribution in [0.25, 0.3) is 11.1 Å². The summed E-state index contributed by atoms with van der Waals surface area (Å²) < 4.78 is 8.68. The number of hydrogen-bond donors (Lipinski definition) is 1. The molecular formula is C21H19Cl3O6. The number of ether oxygens (including phenoxy) is 2. The molecule has 0 radical (unpaired) electrons. The topological polar surface area (TPSA) is 89.9 Å². The lowest BCUT2D eigenvalue weighted by Crippen LogP contribution is -2.24. The quantitative estimate of drug-likeness (QED) is 0.453. The minimum Gasteiger partial charge on any atom is -0.478 e. The summed E-state index contributed by atoms with van der Waals surface area (Å²) in [6, 6.07) is 10.3. The summed E-state index contributed by atoms with van der Waals surface area (Å²) in [7, 11) is 0. The van der Waals surface area contributed by atoms with Crippen LogP contribution in [0.3, 0.4) is 0 Å². The Morgan fingerprint density at radius 3 is 2.07 bits per heavy atom. The molecule has 0 aliphatic heterocycles. The first-order valence-corrected chi connectivity index (χ1v) is 9.86. The van der Waals surface area contributed by atoms with Crippen LogP contribution < -0.4 is 0 Å². The van der Waals surface area contributed by atoms with Crippen molar-refractivity contribution in [1.82, 2.24) is 0 Å². The van der Waals surface area contributed by atoms with Gasteiger partial charge in [-0.2, -0.15) is 0 Å². The normalized spacial score (nSPS) is 11.7. The number of carboxylic acids is 1. The molecule has 0 aliphatic carbocycles. The van der Waals surface area contributed by atoms with E-state index in [0.29, 0.717) is 11.1 Å². The van der Waals surface area contributed by atoms with Gasteiger partial charge in [0.15, 0.2) is 0 Å². The molecule has 6 nitrogen and oxygen atoms in total. The van der Waals surface area contributed by atoms with Crippen LogP contribution in [-0.2, 0) is 9.47 Å². The minimum absolute atomic E-state index is 0.00791. The standard InChI is InChI=1S/C21H19Cl3O6/c1-20(2,3)30-19(28)16-10-12(17(25)26)8-9-14(16)13-6-4-5-7-15(13)18(27)29-11-21(22,23)24/h4-10H,11H2,1-3H3,(H,25,26). The van der Waals surface area contributed by atoms with Gasteiger partial charge in [-0.05, 0) is 50.1 Å². The molecule has 0 saturated carbocycles. The predicted octanol–water partition coefficient (Wildman–Crippen LogP) is 5.53. The van der Waals surface area contributed by atoms with Gasteiger partial charge in [-0.1, -0.05) is 59.1 Å². The molecule has 9 heteroatoms. The molecule has 2 aromatic carbocycles. The number of hydrogen-bond acceptors (Lipinski definition) is 5. The molecule has 0 amide bonds. The van der Waals surface area contributed by atoms with Crippen LogP contribution in [0, 0.1) is 0 Å². The molecule has 0 aromatic heterocycles. The van der Waals surface area contributed by atoms with Gasteiger partial charge in [-0.15, -0.1) is 0 Å². The maximum absolute atomic E-state index is 12.8. The monoisotopic (exact) mass is 472 g/mol. The number of halogens is 3. The largest absolute Gasteiger partial charge is 0.478 e. The van der Waals surface area contributed by atoms with Crippen LogP contribution in [0.15, 0.2) is 42.5 Å². The van der Waals surface area contributed by atoms with Gasteiger partial charge in [0.2, 0.25) is 3.79 Å². The summed E-state index contributed by atoms with van der Waals surface area (Å²) in [4.78, 5) is 36.7. The van der Waals surface area contributed by atoms with Gasteiger partial charge in [0.1, 0.15) is 12.2 Å². The van der Waals surface area contributed by atoms with E-state index >= 15 is 0 Å². The zero-order valence-corrected chi connectivity index (χ0v) is 18.6. The highest BCUT2D eigenvalue weighted by Crippen LogP contribution is 2.31. The molecule has 0 heterocycles. The van der Waals surface area contributed by atoms with E-state index in [1.54, 1.807) is 39.0 Å².